The fourth-order valence-corrected chi connectivity index (χ4v) is 2.27. The Bertz CT molecular complexity index is 650. The van der Waals surface area contributed by atoms with Gasteiger partial charge < -0.3 is 20.5 Å². The molecule has 0 aliphatic carbocycles. The topological polar surface area (TPSA) is 68.9 Å². The number of nitrogens with two attached hydrogens (primary N) is 1. The summed E-state index contributed by atoms with van der Waals surface area (Å²) in [6, 6.07) is 18.1. The first-order chi connectivity index (χ1) is 11.7. The number of hydrogen-bond donors (Lipinski definition) is 2. The van der Waals surface area contributed by atoms with Crippen LogP contribution in [-0.4, -0.2) is 25.7 Å². The molecule has 0 spiro atoms. The minimum absolute atomic E-state index is 0. The van der Waals surface area contributed by atoms with Crippen molar-refractivity contribution in [3.8, 4) is 5.75 Å². The van der Waals surface area contributed by atoms with E-state index in [-0.39, 0.29) is 30.0 Å². The van der Waals surface area contributed by atoms with Crippen LogP contribution in [0.15, 0.2) is 59.6 Å². The summed E-state index contributed by atoms with van der Waals surface area (Å²) in [5, 5.41) is 3.09. The van der Waals surface area contributed by atoms with E-state index in [1.165, 1.54) is 0 Å². The summed E-state index contributed by atoms with van der Waals surface area (Å²) in [6.07, 6.45) is 0. The summed E-state index contributed by atoms with van der Waals surface area (Å²) in [7, 11) is 1.66. The van der Waals surface area contributed by atoms with Crippen molar-refractivity contribution >= 4 is 29.9 Å². The summed E-state index contributed by atoms with van der Waals surface area (Å²) in [5.74, 6) is 1.28. The monoisotopic (exact) mass is 455 g/mol. The van der Waals surface area contributed by atoms with E-state index in [0.29, 0.717) is 25.7 Å². The standard InChI is InChI=1S/C19H25N3O2.HI/c1-15(13-23-2)22-19(20)21-12-16-7-6-8-17(11-16)14-24-18-9-4-3-5-10-18;/h3-11,15H,12-14H2,1-2H3,(H3,20,21,22);1H. The smallest absolute Gasteiger partial charge is 0.189 e. The van der Waals surface area contributed by atoms with Crippen LogP contribution in [0.1, 0.15) is 18.1 Å². The lowest BCUT2D eigenvalue weighted by Gasteiger charge is -2.13. The fraction of sp³-hybridized carbons (Fsp3) is 0.316. The van der Waals surface area contributed by atoms with Crippen LogP contribution < -0.4 is 15.8 Å². The maximum absolute atomic E-state index is 5.88. The van der Waals surface area contributed by atoms with Crippen molar-refractivity contribution < 1.29 is 9.47 Å². The third kappa shape index (κ3) is 8.22. The molecule has 0 aliphatic rings. The molecule has 136 valence electrons. The molecule has 1 atom stereocenters. The van der Waals surface area contributed by atoms with Gasteiger partial charge in [-0.25, -0.2) is 4.99 Å². The zero-order chi connectivity index (χ0) is 17.2. The molecule has 5 nitrogen and oxygen atoms in total. The van der Waals surface area contributed by atoms with Crippen LogP contribution in [0.3, 0.4) is 0 Å². The number of methoxy groups -OCH3 is 1. The van der Waals surface area contributed by atoms with E-state index in [0.717, 1.165) is 16.9 Å². The molecular formula is C19H26IN3O2. The number of guanidine groups is 1. The van der Waals surface area contributed by atoms with Gasteiger partial charge in [-0.2, -0.15) is 0 Å². The number of nitrogens with zero attached hydrogens (tertiary/aromatic N) is 1. The maximum Gasteiger partial charge on any atom is 0.189 e. The van der Waals surface area contributed by atoms with Gasteiger partial charge in [0.05, 0.1) is 13.2 Å². The quantitative estimate of drug-likeness (QED) is 0.364. The highest BCUT2D eigenvalue weighted by atomic mass is 127. The molecule has 2 rings (SSSR count). The van der Waals surface area contributed by atoms with Gasteiger partial charge in [0.1, 0.15) is 12.4 Å². The van der Waals surface area contributed by atoms with E-state index in [1.54, 1.807) is 7.11 Å². The average Bonchev–Trinajstić information content (AvgIpc) is 2.60. The van der Waals surface area contributed by atoms with Crippen molar-refractivity contribution in [3.63, 3.8) is 0 Å². The van der Waals surface area contributed by atoms with Crippen molar-refractivity contribution in [2.24, 2.45) is 10.7 Å². The molecule has 3 N–H and O–H groups in total. The van der Waals surface area contributed by atoms with Crippen LogP contribution in [0.2, 0.25) is 0 Å². The third-order valence-corrected chi connectivity index (χ3v) is 3.38. The number of benzene rings is 2. The Morgan fingerprint density at radius 2 is 1.84 bits per heavy atom. The molecular weight excluding hydrogens is 429 g/mol. The van der Waals surface area contributed by atoms with Gasteiger partial charge in [0.2, 0.25) is 0 Å². The number of hydrogen-bond acceptors (Lipinski definition) is 3. The van der Waals surface area contributed by atoms with Crippen LogP contribution in [-0.2, 0) is 17.9 Å². The Balaban J connectivity index is 0.00000312. The van der Waals surface area contributed by atoms with Crippen molar-refractivity contribution in [1.29, 1.82) is 0 Å². The maximum atomic E-state index is 5.88. The Kier molecular flexibility index (Phi) is 9.94. The largest absolute Gasteiger partial charge is 0.489 e. The first-order valence-electron chi connectivity index (χ1n) is 7.98. The van der Waals surface area contributed by atoms with E-state index in [4.69, 9.17) is 15.2 Å². The number of para-hydroxylation sites is 1. The van der Waals surface area contributed by atoms with Gasteiger partial charge in [-0.15, -0.1) is 24.0 Å². The molecule has 0 bridgehead atoms. The summed E-state index contributed by atoms with van der Waals surface area (Å²) in [5.41, 5.74) is 8.08. The Labute approximate surface area is 166 Å². The minimum atomic E-state index is 0. The fourth-order valence-electron chi connectivity index (χ4n) is 2.27. The van der Waals surface area contributed by atoms with E-state index in [9.17, 15) is 0 Å². The first kappa shape index (κ1) is 21.2. The van der Waals surface area contributed by atoms with Crippen molar-refractivity contribution in [1.82, 2.24) is 5.32 Å². The lowest BCUT2D eigenvalue weighted by molar-refractivity contribution is 0.179. The van der Waals surface area contributed by atoms with E-state index < -0.39 is 0 Å². The lowest BCUT2D eigenvalue weighted by Crippen LogP contribution is -2.40. The zero-order valence-corrected chi connectivity index (χ0v) is 17.0. The van der Waals surface area contributed by atoms with Gasteiger partial charge in [-0.05, 0) is 30.2 Å². The number of halogens is 1. The second-order valence-electron chi connectivity index (χ2n) is 5.62. The SMILES string of the molecule is COCC(C)NC(N)=NCc1cccc(COc2ccccc2)c1.I. The Hall–Kier alpha value is -1.80. The van der Waals surface area contributed by atoms with Gasteiger partial charge in [-0.1, -0.05) is 42.5 Å². The van der Waals surface area contributed by atoms with E-state index in [1.807, 2.05) is 55.5 Å². The molecule has 6 heteroatoms. The summed E-state index contributed by atoms with van der Waals surface area (Å²) in [6.45, 7) is 3.63. The predicted molar refractivity (Wildman–Crippen MR) is 112 cm³/mol. The van der Waals surface area contributed by atoms with Gasteiger partial charge in [-0.3, -0.25) is 0 Å². The van der Waals surface area contributed by atoms with Crippen LogP contribution >= 0.6 is 24.0 Å². The normalized spacial score (nSPS) is 12.2. The van der Waals surface area contributed by atoms with Gasteiger partial charge >= 0.3 is 0 Å². The molecule has 0 amide bonds. The average molecular weight is 455 g/mol. The second kappa shape index (κ2) is 11.7. The van der Waals surface area contributed by atoms with Crippen LogP contribution in [0.4, 0.5) is 0 Å². The Morgan fingerprint density at radius 3 is 2.56 bits per heavy atom. The van der Waals surface area contributed by atoms with Crippen molar-refractivity contribution in [3.05, 3.63) is 65.7 Å². The molecule has 0 aromatic heterocycles. The van der Waals surface area contributed by atoms with Gasteiger partial charge in [0.25, 0.3) is 0 Å². The highest BCUT2D eigenvalue weighted by Gasteiger charge is 2.02. The number of ether oxygens (including phenoxy) is 2. The predicted octanol–water partition coefficient (Wildman–Crippen LogP) is 3.32. The highest BCUT2D eigenvalue weighted by molar-refractivity contribution is 14.0. The zero-order valence-electron chi connectivity index (χ0n) is 14.6. The molecule has 0 fully saturated rings. The van der Waals surface area contributed by atoms with Crippen LogP contribution in [0, 0.1) is 0 Å². The number of nitrogens with one attached hydrogen (secondary N) is 1. The van der Waals surface area contributed by atoms with Crippen molar-refractivity contribution in [2.45, 2.75) is 26.1 Å². The summed E-state index contributed by atoms with van der Waals surface area (Å²) < 4.78 is 10.8. The molecule has 2 aromatic rings. The molecule has 0 heterocycles. The van der Waals surface area contributed by atoms with Gasteiger partial charge in [0, 0.05) is 13.2 Å². The highest BCUT2D eigenvalue weighted by Crippen LogP contribution is 2.13. The molecule has 25 heavy (non-hydrogen) atoms. The summed E-state index contributed by atoms with van der Waals surface area (Å²) >= 11 is 0. The third-order valence-electron chi connectivity index (χ3n) is 3.38. The molecule has 0 radical (unpaired) electrons. The minimum Gasteiger partial charge on any atom is -0.489 e. The second-order valence-corrected chi connectivity index (χ2v) is 5.62. The molecule has 2 aromatic carbocycles. The summed E-state index contributed by atoms with van der Waals surface area (Å²) in [4.78, 5) is 4.36. The first-order valence-corrected chi connectivity index (χ1v) is 7.98. The molecule has 0 saturated heterocycles. The van der Waals surface area contributed by atoms with E-state index in [2.05, 4.69) is 16.4 Å². The lowest BCUT2D eigenvalue weighted by atomic mass is 10.1. The van der Waals surface area contributed by atoms with Gasteiger partial charge in [0.15, 0.2) is 5.96 Å². The van der Waals surface area contributed by atoms with Crippen molar-refractivity contribution in [2.75, 3.05) is 13.7 Å². The molecule has 0 saturated carbocycles. The van der Waals surface area contributed by atoms with E-state index >= 15 is 0 Å². The van der Waals surface area contributed by atoms with Crippen LogP contribution in [0.5, 0.6) is 5.75 Å². The number of rotatable bonds is 8. The Morgan fingerprint density at radius 1 is 1.12 bits per heavy atom. The number of aliphatic imine (C=N–C) groups is 1. The molecule has 1 unspecified atom stereocenters. The molecule has 0 aliphatic heterocycles. The van der Waals surface area contributed by atoms with Crippen LogP contribution in [0.25, 0.3) is 0 Å².